The van der Waals surface area contributed by atoms with Gasteiger partial charge in [-0.3, -0.25) is 9.20 Å². The quantitative estimate of drug-likeness (QED) is 0.771. The molecule has 0 radical (unpaired) electrons. The number of imidazole rings is 1. The van der Waals surface area contributed by atoms with E-state index in [1.54, 1.807) is 0 Å². The monoisotopic (exact) mass is 321 g/mol. The first-order valence-corrected chi connectivity index (χ1v) is 8.36. The standard InChI is InChI=1S/C20H23N3O/c1-5-7-17-19(23-12-13(2)10-11-18(23)21-17)20(24)22-16-9-6-8-14(3)15(16)4/h6,8-12H,5,7H2,1-4H3,(H,22,24). The first-order chi connectivity index (χ1) is 11.5. The molecule has 0 aliphatic rings. The van der Waals surface area contributed by atoms with Crippen molar-refractivity contribution in [3.63, 3.8) is 0 Å². The molecule has 3 aromatic rings. The van der Waals surface area contributed by atoms with E-state index in [4.69, 9.17) is 0 Å². The first kappa shape index (κ1) is 16.2. The van der Waals surface area contributed by atoms with Crippen molar-refractivity contribution >= 4 is 17.2 Å². The Morgan fingerprint density at radius 2 is 1.96 bits per heavy atom. The second kappa shape index (κ2) is 6.48. The average molecular weight is 321 g/mol. The number of anilines is 1. The van der Waals surface area contributed by atoms with Gasteiger partial charge in [0, 0.05) is 11.9 Å². The molecule has 2 heterocycles. The number of carbonyl (C=O) groups is 1. The van der Waals surface area contributed by atoms with E-state index in [-0.39, 0.29) is 5.91 Å². The number of aryl methyl sites for hydroxylation is 3. The predicted octanol–water partition coefficient (Wildman–Crippen LogP) is 4.46. The molecule has 0 aliphatic heterocycles. The summed E-state index contributed by atoms with van der Waals surface area (Å²) in [4.78, 5) is 17.6. The fourth-order valence-corrected chi connectivity index (χ4v) is 2.92. The second-order valence-corrected chi connectivity index (χ2v) is 6.29. The van der Waals surface area contributed by atoms with Crippen molar-refractivity contribution in [1.29, 1.82) is 0 Å². The summed E-state index contributed by atoms with van der Waals surface area (Å²) in [5, 5.41) is 3.06. The maximum Gasteiger partial charge on any atom is 0.274 e. The molecule has 4 nitrogen and oxygen atoms in total. The Labute approximate surface area is 142 Å². The van der Waals surface area contributed by atoms with E-state index in [9.17, 15) is 4.79 Å². The molecule has 1 amide bonds. The number of hydrogen-bond acceptors (Lipinski definition) is 2. The summed E-state index contributed by atoms with van der Waals surface area (Å²) in [6.07, 6.45) is 3.71. The van der Waals surface area contributed by atoms with Gasteiger partial charge in [-0.25, -0.2) is 4.98 Å². The third-order valence-electron chi connectivity index (χ3n) is 4.39. The lowest BCUT2D eigenvalue weighted by molar-refractivity contribution is 0.102. The number of rotatable bonds is 4. The topological polar surface area (TPSA) is 46.4 Å². The zero-order valence-electron chi connectivity index (χ0n) is 14.7. The minimum Gasteiger partial charge on any atom is -0.320 e. The van der Waals surface area contributed by atoms with E-state index in [1.807, 2.05) is 61.7 Å². The third kappa shape index (κ3) is 2.92. The second-order valence-electron chi connectivity index (χ2n) is 6.29. The van der Waals surface area contributed by atoms with E-state index in [1.165, 1.54) is 0 Å². The van der Waals surface area contributed by atoms with Crippen molar-refractivity contribution in [2.24, 2.45) is 0 Å². The molecular formula is C20H23N3O. The van der Waals surface area contributed by atoms with Crippen LogP contribution in [-0.2, 0) is 6.42 Å². The van der Waals surface area contributed by atoms with Crippen LogP contribution in [0.1, 0.15) is 46.2 Å². The molecule has 24 heavy (non-hydrogen) atoms. The molecule has 0 saturated heterocycles. The van der Waals surface area contributed by atoms with Crippen LogP contribution in [0.2, 0.25) is 0 Å². The zero-order valence-corrected chi connectivity index (χ0v) is 14.7. The Hall–Kier alpha value is -2.62. The van der Waals surface area contributed by atoms with Crippen LogP contribution < -0.4 is 5.32 Å². The van der Waals surface area contributed by atoms with Gasteiger partial charge in [-0.15, -0.1) is 0 Å². The zero-order chi connectivity index (χ0) is 17.3. The van der Waals surface area contributed by atoms with Crippen LogP contribution in [-0.4, -0.2) is 15.3 Å². The van der Waals surface area contributed by atoms with E-state index in [2.05, 4.69) is 17.2 Å². The Balaban J connectivity index is 2.06. The number of hydrogen-bond donors (Lipinski definition) is 1. The van der Waals surface area contributed by atoms with Crippen molar-refractivity contribution in [1.82, 2.24) is 9.38 Å². The SMILES string of the molecule is CCCc1nc2ccc(C)cn2c1C(=O)Nc1cccc(C)c1C. The molecule has 0 saturated carbocycles. The van der Waals surface area contributed by atoms with Crippen LogP contribution in [0.25, 0.3) is 5.65 Å². The van der Waals surface area contributed by atoms with Crippen molar-refractivity contribution in [2.45, 2.75) is 40.5 Å². The summed E-state index contributed by atoms with van der Waals surface area (Å²) in [7, 11) is 0. The maximum atomic E-state index is 13.0. The van der Waals surface area contributed by atoms with Gasteiger partial charge in [0.15, 0.2) is 0 Å². The van der Waals surface area contributed by atoms with Gasteiger partial charge >= 0.3 is 0 Å². The van der Waals surface area contributed by atoms with Crippen molar-refractivity contribution in [3.8, 4) is 0 Å². The molecular weight excluding hydrogens is 298 g/mol. The highest BCUT2D eigenvalue weighted by Gasteiger charge is 2.19. The Bertz CT molecular complexity index is 909. The van der Waals surface area contributed by atoms with Gasteiger partial charge < -0.3 is 5.32 Å². The molecule has 3 rings (SSSR count). The highest BCUT2D eigenvalue weighted by molar-refractivity contribution is 6.05. The lowest BCUT2D eigenvalue weighted by Gasteiger charge is -2.11. The molecule has 0 spiro atoms. The number of carbonyl (C=O) groups excluding carboxylic acids is 1. The van der Waals surface area contributed by atoms with Crippen LogP contribution in [0.15, 0.2) is 36.5 Å². The molecule has 0 aliphatic carbocycles. The lowest BCUT2D eigenvalue weighted by Crippen LogP contribution is -2.17. The average Bonchev–Trinajstić information content (AvgIpc) is 2.89. The molecule has 1 N–H and O–H groups in total. The predicted molar refractivity (Wildman–Crippen MR) is 97.8 cm³/mol. The fraction of sp³-hybridized carbons (Fsp3) is 0.300. The Morgan fingerprint density at radius 1 is 1.17 bits per heavy atom. The van der Waals surface area contributed by atoms with E-state index in [0.29, 0.717) is 5.69 Å². The third-order valence-corrected chi connectivity index (χ3v) is 4.39. The van der Waals surface area contributed by atoms with Gasteiger partial charge in [0.2, 0.25) is 0 Å². The highest BCUT2D eigenvalue weighted by atomic mass is 16.2. The van der Waals surface area contributed by atoms with Gasteiger partial charge in [0.25, 0.3) is 5.91 Å². The van der Waals surface area contributed by atoms with Gasteiger partial charge in [0.1, 0.15) is 11.3 Å². The molecule has 1 aromatic carbocycles. The van der Waals surface area contributed by atoms with Crippen LogP contribution in [0.4, 0.5) is 5.69 Å². The van der Waals surface area contributed by atoms with Gasteiger partial charge in [-0.2, -0.15) is 0 Å². The van der Waals surface area contributed by atoms with Crippen LogP contribution in [0, 0.1) is 20.8 Å². The normalized spacial score (nSPS) is 11.0. The highest BCUT2D eigenvalue weighted by Crippen LogP contribution is 2.21. The summed E-state index contributed by atoms with van der Waals surface area (Å²) >= 11 is 0. The Morgan fingerprint density at radius 3 is 2.71 bits per heavy atom. The largest absolute Gasteiger partial charge is 0.320 e. The van der Waals surface area contributed by atoms with Gasteiger partial charge in [-0.1, -0.05) is 31.5 Å². The minimum atomic E-state index is -0.106. The Kier molecular flexibility index (Phi) is 4.38. The van der Waals surface area contributed by atoms with Crippen molar-refractivity contribution < 1.29 is 4.79 Å². The molecule has 0 fully saturated rings. The van der Waals surface area contributed by atoms with Crippen LogP contribution >= 0.6 is 0 Å². The molecule has 0 unspecified atom stereocenters. The fourth-order valence-electron chi connectivity index (χ4n) is 2.92. The summed E-state index contributed by atoms with van der Waals surface area (Å²) in [5.74, 6) is -0.106. The summed E-state index contributed by atoms with van der Waals surface area (Å²) in [6, 6.07) is 9.93. The minimum absolute atomic E-state index is 0.106. The molecule has 4 heteroatoms. The van der Waals surface area contributed by atoms with Gasteiger partial charge in [-0.05, 0) is 56.0 Å². The number of fused-ring (bicyclic) bond motifs is 1. The number of pyridine rings is 1. The lowest BCUT2D eigenvalue weighted by atomic mass is 10.1. The molecule has 124 valence electrons. The summed E-state index contributed by atoms with van der Waals surface area (Å²) < 4.78 is 1.90. The number of benzene rings is 1. The van der Waals surface area contributed by atoms with Crippen molar-refractivity contribution in [2.75, 3.05) is 5.32 Å². The van der Waals surface area contributed by atoms with Gasteiger partial charge in [0.05, 0.1) is 5.69 Å². The maximum absolute atomic E-state index is 13.0. The summed E-state index contributed by atoms with van der Waals surface area (Å²) in [6.45, 7) is 8.19. The number of nitrogens with one attached hydrogen (secondary N) is 1. The number of amides is 1. The van der Waals surface area contributed by atoms with E-state index in [0.717, 1.165) is 46.6 Å². The molecule has 0 bridgehead atoms. The van der Waals surface area contributed by atoms with E-state index < -0.39 is 0 Å². The number of aromatic nitrogens is 2. The van der Waals surface area contributed by atoms with Crippen LogP contribution in [0.5, 0.6) is 0 Å². The number of nitrogens with zero attached hydrogens (tertiary/aromatic N) is 2. The van der Waals surface area contributed by atoms with Crippen LogP contribution in [0.3, 0.4) is 0 Å². The van der Waals surface area contributed by atoms with Crippen molar-refractivity contribution in [3.05, 3.63) is 64.6 Å². The molecule has 2 aromatic heterocycles. The van der Waals surface area contributed by atoms with E-state index >= 15 is 0 Å². The summed E-state index contributed by atoms with van der Waals surface area (Å²) in [5.41, 5.74) is 6.51. The molecule has 0 atom stereocenters. The smallest absolute Gasteiger partial charge is 0.274 e. The first-order valence-electron chi connectivity index (χ1n) is 8.36.